The van der Waals surface area contributed by atoms with Gasteiger partial charge in [-0.15, -0.1) is 0 Å². The van der Waals surface area contributed by atoms with Gasteiger partial charge in [0.05, 0.1) is 12.1 Å². The van der Waals surface area contributed by atoms with Crippen LogP contribution in [0.4, 0.5) is 0 Å². The minimum atomic E-state index is -0.925. The number of hydrogen-bond donors (Lipinski definition) is 1. The van der Waals surface area contributed by atoms with Crippen molar-refractivity contribution in [2.75, 3.05) is 13.1 Å². The monoisotopic (exact) mass is 291 g/mol. The summed E-state index contributed by atoms with van der Waals surface area (Å²) < 4.78 is 5.31. The van der Waals surface area contributed by atoms with Gasteiger partial charge in [-0.1, -0.05) is 12.1 Å². The molecule has 1 aromatic carbocycles. The number of carboxylic acid groups (broad SMARTS) is 1. The number of benzene rings is 1. The van der Waals surface area contributed by atoms with Crippen LogP contribution >= 0.6 is 0 Å². The average Bonchev–Trinajstić information content (AvgIpc) is 2.35. The lowest BCUT2D eigenvalue weighted by molar-refractivity contribution is -0.156. The van der Waals surface area contributed by atoms with E-state index in [1.54, 1.807) is 12.1 Å². The van der Waals surface area contributed by atoms with E-state index in [1.165, 1.54) is 0 Å². The van der Waals surface area contributed by atoms with E-state index in [-0.39, 0.29) is 12.5 Å². The SMILES string of the molecule is CC(C)(C)OC(=O)CN1CCc2cccc(C(=O)O)c2C1. The molecule has 0 aliphatic carbocycles. The second-order valence-electron chi connectivity index (χ2n) is 6.30. The van der Waals surface area contributed by atoms with E-state index in [0.29, 0.717) is 12.1 Å². The van der Waals surface area contributed by atoms with Gasteiger partial charge in [0.1, 0.15) is 5.60 Å². The van der Waals surface area contributed by atoms with Crippen LogP contribution in [0, 0.1) is 0 Å². The van der Waals surface area contributed by atoms with Crippen LogP contribution in [0.5, 0.6) is 0 Å². The molecule has 0 bridgehead atoms. The lowest BCUT2D eigenvalue weighted by Gasteiger charge is -2.30. The molecular formula is C16H21NO4. The molecule has 5 heteroatoms. The molecule has 0 spiro atoms. The Balaban J connectivity index is 2.09. The second-order valence-corrected chi connectivity index (χ2v) is 6.30. The molecule has 0 saturated carbocycles. The number of hydrogen-bond acceptors (Lipinski definition) is 4. The standard InChI is InChI=1S/C16H21NO4/c1-16(2,3)21-14(18)10-17-8-7-11-5-4-6-12(15(19)20)13(11)9-17/h4-6H,7-10H2,1-3H3,(H,19,20). The fourth-order valence-corrected chi connectivity index (χ4v) is 2.53. The van der Waals surface area contributed by atoms with Gasteiger partial charge < -0.3 is 9.84 Å². The molecule has 1 heterocycles. The molecule has 0 amide bonds. The van der Waals surface area contributed by atoms with Crippen LogP contribution in [0.15, 0.2) is 18.2 Å². The Morgan fingerprint density at radius 3 is 2.67 bits per heavy atom. The summed E-state index contributed by atoms with van der Waals surface area (Å²) in [4.78, 5) is 25.1. The van der Waals surface area contributed by atoms with E-state index in [0.717, 1.165) is 24.1 Å². The number of carboxylic acids is 1. The summed E-state index contributed by atoms with van der Waals surface area (Å²) in [6, 6.07) is 5.33. The zero-order chi connectivity index (χ0) is 15.6. The van der Waals surface area contributed by atoms with Crippen molar-refractivity contribution in [3.63, 3.8) is 0 Å². The molecule has 114 valence electrons. The number of aromatic carboxylic acids is 1. The fraction of sp³-hybridized carbons (Fsp3) is 0.500. The molecule has 2 rings (SSSR count). The third-order valence-electron chi connectivity index (χ3n) is 3.36. The Morgan fingerprint density at radius 2 is 2.05 bits per heavy atom. The van der Waals surface area contributed by atoms with Crippen molar-refractivity contribution in [3.05, 3.63) is 34.9 Å². The molecule has 0 fully saturated rings. The Kier molecular flexibility index (Phi) is 4.32. The second kappa shape index (κ2) is 5.85. The van der Waals surface area contributed by atoms with Crippen LogP contribution in [0.3, 0.4) is 0 Å². The Hall–Kier alpha value is -1.88. The van der Waals surface area contributed by atoms with E-state index in [1.807, 2.05) is 31.7 Å². The van der Waals surface area contributed by atoms with Crippen molar-refractivity contribution >= 4 is 11.9 Å². The summed E-state index contributed by atoms with van der Waals surface area (Å²) in [7, 11) is 0. The van der Waals surface area contributed by atoms with E-state index in [2.05, 4.69) is 0 Å². The maximum absolute atomic E-state index is 11.9. The van der Waals surface area contributed by atoms with Gasteiger partial charge in [-0.2, -0.15) is 0 Å². The van der Waals surface area contributed by atoms with Crippen molar-refractivity contribution in [3.8, 4) is 0 Å². The van der Waals surface area contributed by atoms with Gasteiger partial charge in [-0.05, 0) is 44.4 Å². The number of esters is 1. The minimum absolute atomic E-state index is 0.185. The van der Waals surface area contributed by atoms with Gasteiger partial charge >= 0.3 is 11.9 Å². The van der Waals surface area contributed by atoms with Gasteiger partial charge in [0.2, 0.25) is 0 Å². The van der Waals surface area contributed by atoms with E-state index in [4.69, 9.17) is 4.74 Å². The van der Waals surface area contributed by atoms with Crippen LogP contribution in [0.1, 0.15) is 42.3 Å². The summed E-state index contributed by atoms with van der Waals surface area (Å²) in [5.74, 6) is -1.20. The quantitative estimate of drug-likeness (QED) is 0.864. The average molecular weight is 291 g/mol. The Bertz CT molecular complexity index is 560. The van der Waals surface area contributed by atoms with Gasteiger partial charge in [0.15, 0.2) is 0 Å². The third-order valence-corrected chi connectivity index (χ3v) is 3.36. The predicted molar refractivity (Wildman–Crippen MR) is 78.2 cm³/mol. The van der Waals surface area contributed by atoms with Gasteiger partial charge in [-0.3, -0.25) is 9.69 Å². The molecule has 0 unspecified atom stereocenters. The number of rotatable bonds is 3. The van der Waals surface area contributed by atoms with Crippen LogP contribution in [-0.2, 0) is 22.5 Å². The number of ether oxygens (including phenoxy) is 1. The maximum Gasteiger partial charge on any atom is 0.336 e. The van der Waals surface area contributed by atoms with Crippen LogP contribution in [0.25, 0.3) is 0 Å². The molecular weight excluding hydrogens is 270 g/mol. The molecule has 0 saturated heterocycles. The largest absolute Gasteiger partial charge is 0.478 e. The Labute approximate surface area is 124 Å². The molecule has 0 atom stereocenters. The predicted octanol–water partition coefficient (Wildman–Crippen LogP) is 2.08. The van der Waals surface area contributed by atoms with Crippen molar-refractivity contribution in [1.29, 1.82) is 0 Å². The first kappa shape index (κ1) is 15.5. The fourth-order valence-electron chi connectivity index (χ4n) is 2.53. The molecule has 0 radical (unpaired) electrons. The van der Waals surface area contributed by atoms with Gasteiger partial charge in [0.25, 0.3) is 0 Å². The van der Waals surface area contributed by atoms with Crippen LogP contribution < -0.4 is 0 Å². The first-order valence-corrected chi connectivity index (χ1v) is 7.04. The van der Waals surface area contributed by atoms with Gasteiger partial charge in [0, 0.05) is 13.1 Å². The zero-order valence-electron chi connectivity index (χ0n) is 12.7. The van der Waals surface area contributed by atoms with Crippen LogP contribution in [0.2, 0.25) is 0 Å². The van der Waals surface area contributed by atoms with Crippen molar-refractivity contribution in [1.82, 2.24) is 4.90 Å². The first-order valence-electron chi connectivity index (χ1n) is 7.04. The number of carbonyl (C=O) groups is 2. The molecule has 1 aliphatic rings. The summed E-state index contributed by atoms with van der Waals surface area (Å²) in [6.45, 7) is 6.88. The highest BCUT2D eigenvalue weighted by Crippen LogP contribution is 2.23. The molecule has 5 nitrogen and oxygen atoms in total. The highest BCUT2D eigenvalue weighted by Gasteiger charge is 2.24. The van der Waals surface area contributed by atoms with Crippen molar-refractivity contribution in [2.24, 2.45) is 0 Å². The van der Waals surface area contributed by atoms with E-state index in [9.17, 15) is 14.7 Å². The molecule has 1 N–H and O–H groups in total. The maximum atomic E-state index is 11.9. The normalized spacial score (nSPS) is 15.4. The van der Waals surface area contributed by atoms with E-state index < -0.39 is 11.6 Å². The topological polar surface area (TPSA) is 66.8 Å². The molecule has 1 aliphatic heterocycles. The van der Waals surface area contributed by atoms with Crippen LogP contribution in [-0.4, -0.2) is 40.6 Å². The number of fused-ring (bicyclic) bond motifs is 1. The number of nitrogens with zero attached hydrogens (tertiary/aromatic N) is 1. The first-order chi connectivity index (χ1) is 9.76. The summed E-state index contributed by atoms with van der Waals surface area (Å²) in [6.07, 6.45) is 0.749. The minimum Gasteiger partial charge on any atom is -0.478 e. The lowest BCUT2D eigenvalue weighted by Crippen LogP contribution is -2.38. The molecule has 21 heavy (non-hydrogen) atoms. The highest BCUT2D eigenvalue weighted by molar-refractivity contribution is 5.89. The number of carbonyl (C=O) groups excluding carboxylic acids is 1. The lowest BCUT2D eigenvalue weighted by atomic mass is 9.95. The summed E-state index contributed by atoms with van der Waals surface area (Å²) in [5, 5.41) is 9.25. The molecule has 0 aromatic heterocycles. The van der Waals surface area contributed by atoms with Crippen molar-refractivity contribution in [2.45, 2.75) is 39.3 Å². The van der Waals surface area contributed by atoms with E-state index >= 15 is 0 Å². The summed E-state index contributed by atoms with van der Waals surface area (Å²) >= 11 is 0. The smallest absolute Gasteiger partial charge is 0.336 e. The third kappa shape index (κ3) is 4.04. The molecule has 1 aromatic rings. The summed E-state index contributed by atoms with van der Waals surface area (Å²) in [5.41, 5.74) is 1.67. The van der Waals surface area contributed by atoms with Gasteiger partial charge in [-0.25, -0.2) is 4.79 Å². The van der Waals surface area contributed by atoms with Crippen molar-refractivity contribution < 1.29 is 19.4 Å². The highest BCUT2D eigenvalue weighted by atomic mass is 16.6. The zero-order valence-corrected chi connectivity index (χ0v) is 12.7. The Morgan fingerprint density at radius 1 is 1.33 bits per heavy atom.